The molecule has 0 bridgehead atoms. The molecule has 1 aliphatic carbocycles. The molecular weight excluding hydrogens is 152 g/mol. The molecule has 0 amide bonds. The summed E-state index contributed by atoms with van der Waals surface area (Å²) in [4.78, 5) is 10.8. The number of carbonyl (C=O) groups excluding carboxylic acids is 1. The standard InChI is InChI=1S/C10H16O2/c1-7-8(6-11)10(2,3)5-4-9(7)12/h6,9,12H,4-5H2,1-3H3/t9-/m0/s1. The number of aliphatic hydroxyl groups is 1. The summed E-state index contributed by atoms with van der Waals surface area (Å²) >= 11 is 0. The van der Waals surface area contributed by atoms with Gasteiger partial charge in [0.2, 0.25) is 0 Å². The first-order valence-electron chi connectivity index (χ1n) is 4.33. The van der Waals surface area contributed by atoms with Gasteiger partial charge in [-0.05, 0) is 36.3 Å². The van der Waals surface area contributed by atoms with Gasteiger partial charge in [0, 0.05) is 0 Å². The minimum absolute atomic E-state index is 0.0505. The Balaban J connectivity index is 3.09. The van der Waals surface area contributed by atoms with E-state index in [0.717, 1.165) is 30.3 Å². The normalized spacial score (nSPS) is 28.8. The molecule has 0 radical (unpaired) electrons. The van der Waals surface area contributed by atoms with Gasteiger partial charge < -0.3 is 5.11 Å². The molecule has 1 N–H and O–H groups in total. The van der Waals surface area contributed by atoms with Gasteiger partial charge in [-0.25, -0.2) is 0 Å². The number of aliphatic hydroxyl groups excluding tert-OH is 1. The Morgan fingerprint density at radius 1 is 1.58 bits per heavy atom. The number of carbonyl (C=O) groups is 1. The fourth-order valence-electron chi connectivity index (χ4n) is 1.81. The van der Waals surface area contributed by atoms with Crippen LogP contribution in [-0.2, 0) is 4.79 Å². The van der Waals surface area contributed by atoms with Crippen molar-refractivity contribution in [3.63, 3.8) is 0 Å². The van der Waals surface area contributed by atoms with Crippen LogP contribution >= 0.6 is 0 Å². The topological polar surface area (TPSA) is 37.3 Å². The van der Waals surface area contributed by atoms with Crippen LogP contribution in [0.4, 0.5) is 0 Å². The molecule has 0 aliphatic heterocycles. The number of rotatable bonds is 1. The third-order valence-electron chi connectivity index (χ3n) is 2.81. The summed E-state index contributed by atoms with van der Waals surface area (Å²) in [7, 11) is 0. The maximum atomic E-state index is 10.8. The zero-order valence-electron chi connectivity index (χ0n) is 7.92. The van der Waals surface area contributed by atoms with Gasteiger partial charge in [0.1, 0.15) is 6.29 Å². The Kier molecular flexibility index (Phi) is 2.38. The molecule has 0 aromatic heterocycles. The van der Waals surface area contributed by atoms with Crippen LogP contribution in [0, 0.1) is 5.41 Å². The van der Waals surface area contributed by atoms with E-state index in [-0.39, 0.29) is 5.41 Å². The van der Waals surface area contributed by atoms with Crippen molar-refractivity contribution in [1.29, 1.82) is 0 Å². The van der Waals surface area contributed by atoms with Crippen molar-refractivity contribution < 1.29 is 9.90 Å². The van der Waals surface area contributed by atoms with Crippen molar-refractivity contribution in [2.45, 2.75) is 39.7 Å². The van der Waals surface area contributed by atoms with Gasteiger partial charge in [-0.15, -0.1) is 0 Å². The van der Waals surface area contributed by atoms with Crippen molar-refractivity contribution in [3.05, 3.63) is 11.1 Å². The van der Waals surface area contributed by atoms with E-state index >= 15 is 0 Å². The van der Waals surface area contributed by atoms with Gasteiger partial charge in [-0.3, -0.25) is 4.79 Å². The number of hydrogen-bond donors (Lipinski definition) is 1. The second-order valence-corrected chi connectivity index (χ2v) is 4.15. The molecule has 0 spiro atoms. The zero-order valence-corrected chi connectivity index (χ0v) is 7.92. The Morgan fingerprint density at radius 3 is 2.58 bits per heavy atom. The van der Waals surface area contributed by atoms with E-state index in [1.807, 2.05) is 20.8 Å². The van der Waals surface area contributed by atoms with Crippen LogP contribution in [0.2, 0.25) is 0 Å². The van der Waals surface area contributed by atoms with Crippen molar-refractivity contribution in [2.75, 3.05) is 0 Å². The lowest BCUT2D eigenvalue weighted by Crippen LogP contribution is -2.28. The van der Waals surface area contributed by atoms with Gasteiger partial charge in [-0.2, -0.15) is 0 Å². The average molecular weight is 168 g/mol. The predicted molar refractivity (Wildman–Crippen MR) is 47.8 cm³/mol. The highest BCUT2D eigenvalue weighted by molar-refractivity contribution is 5.77. The quantitative estimate of drug-likeness (QED) is 0.605. The van der Waals surface area contributed by atoms with Gasteiger partial charge in [0.25, 0.3) is 0 Å². The molecule has 0 aromatic rings. The van der Waals surface area contributed by atoms with Crippen LogP contribution < -0.4 is 0 Å². The molecule has 0 fully saturated rings. The summed E-state index contributed by atoms with van der Waals surface area (Å²) in [5.41, 5.74) is 1.58. The Labute approximate surface area is 73.3 Å². The average Bonchev–Trinajstić information content (AvgIpc) is 1.99. The Bertz CT molecular complexity index is 226. The highest BCUT2D eigenvalue weighted by atomic mass is 16.3. The first kappa shape index (κ1) is 9.46. The Hall–Kier alpha value is -0.630. The summed E-state index contributed by atoms with van der Waals surface area (Å²) in [6.45, 7) is 5.94. The fourth-order valence-corrected chi connectivity index (χ4v) is 1.81. The van der Waals surface area contributed by atoms with E-state index in [1.165, 1.54) is 0 Å². The number of allylic oxidation sites excluding steroid dienone is 1. The summed E-state index contributed by atoms with van der Waals surface area (Å²) in [6.07, 6.45) is 2.14. The second kappa shape index (κ2) is 3.02. The van der Waals surface area contributed by atoms with E-state index in [1.54, 1.807) is 0 Å². The van der Waals surface area contributed by atoms with E-state index in [0.29, 0.717) is 0 Å². The molecule has 12 heavy (non-hydrogen) atoms. The van der Waals surface area contributed by atoms with Gasteiger partial charge >= 0.3 is 0 Å². The molecule has 0 heterocycles. The smallest absolute Gasteiger partial charge is 0.146 e. The molecule has 68 valence electrons. The molecular formula is C10H16O2. The molecule has 1 rings (SSSR count). The van der Waals surface area contributed by atoms with E-state index in [4.69, 9.17) is 0 Å². The maximum absolute atomic E-state index is 10.8. The highest BCUT2D eigenvalue weighted by Crippen LogP contribution is 2.38. The molecule has 1 aliphatic rings. The molecule has 0 saturated carbocycles. The van der Waals surface area contributed by atoms with Gasteiger partial charge in [-0.1, -0.05) is 13.8 Å². The lowest BCUT2D eigenvalue weighted by Gasteiger charge is -2.33. The second-order valence-electron chi connectivity index (χ2n) is 4.15. The molecule has 1 atom stereocenters. The maximum Gasteiger partial charge on any atom is 0.146 e. The van der Waals surface area contributed by atoms with Gasteiger partial charge in [0.05, 0.1) is 6.10 Å². The van der Waals surface area contributed by atoms with E-state index in [9.17, 15) is 9.90 Å². The predicted octanol–water partition coefficient (Wildman–Crippen LogP) is 1.68. The molecule has 2 heteroatoms. The number of hydrogen-bond acceptors (Lipinski definition) is 2. The van der Waals surface area contributed by atoms with Crippen molar-refractivity contribution in [3.8, 4) is 0 Å². The molecule has 0 saturated heterocycles. The van der Waals surface area contributed by atoms with E-state index < -0.39 is 6.10 Å². The summed E-state index contributed by atoms with van der Waals surface area (Å²) in [6, 6.07) is 0. The van der Waals surface area contributed by atoms with Crippen LogP contribution in [0.1, 0.15) is 33.6 Å². The van der Waals surface area contributed by atoms with Crippen LogP contribution in [0.5, 0.6) is 0 Å². The van der Waals surface area contributed by atoms with Crippen molar-refractivity contribution in [1.82, 2.24) is 0 Å². The SMILES string of the molecule is CC1=C(C=O)C(C)(C)CC[C@@H]1O. The van der Waals surface area contributed by atoms with Crippen molar-refractivity contribution >= 4 is 6.29 Å². The first-order valence-corrected chi connectivity index (χ1v) is 4.33. The fraction of sp³-hybridized carbons (Fsp3) is 0.700. The monoisotopic (exact) mass is 168 g/mol. The van der Waals surface area contributed by atoms with Crippen molar-refractivity contribution in [2.24, 2.45) is 5.41 Å². The third-order valence-corrected chi connectivity index (χ3v) is 2.81. The number of aldehydes is 1. The molecule has 0 unspecified atom stereocenters. The summed E-state index contributed by atoms with van der Waals surface area (Å²) < 4.78 is 0. The first-order chi connectivity index (χ1) is 5.49. The van der Waals surface area contributed by atoms with Gasteiger partial charge in [0.15, 0.2) is 0 Å². The third kappa shape index (κ3) is 1.44. The summed E-state index contributed by atoms with van der Waals surface area (Å²) in [5.74, 6) is 0. The van der Waals surface area contributed by atoms with Crippen LogP contribution in [-0.4, -0.2) is 17.5 Å². The lowest BCUT2D eigenvalue weighted by atomic mass is 9.72. The largest absolute Gasteiger partial charge is 0.389 e. The summed E-state index contributed by atoms with van der Waals surface area (Å²) in [5, 5.41) is 9.49. The molecule has 0 aromatic carbocycles. The van der Waals surface area contributed by atoms with Crippen LogP contribution in [0.25, 0.3) is 0 Å². The van der Waals surface area contributed by atoms with Crippen LogP contribution in [0.3, 0.4) is 0 Å². The van der Waals surface area contributed by atoms with E-state index in [2.05, 4.69) is 0 Å². The molecule has 2 nitrogen and oxygen atoms in total. The zero-order chi connectivity index (χ0) is 9.35. The van der Waals surface area contributed by atoms with Crippen LogP contribution in [0.15, 0.2) is 11.1 Å². The minimum atomic E-state index is -0.404. The Morgan fingerprint density at radius 2 is 2.17 bits per heavy atom. The lowest BCUT2D eigenvalue weighted by molar-refractivity contribution is -0.106. The minimum Gasteiger partial charge on any atom is -0.389 e. The highest BCUT2D eigenvalue weighted by Gasteiger charge is 2.31.